The number of hydrogen-bond acceptors (Lipinski definition) is 6. The molecule has 4 aromatic rings. The van der Waals surface area contributed by atoms with Crippen molar-refractivity contribution in [2.45, 2.75) is 0 Å². The van der Waals surface area contributed by atoms with Gasteiger partial charge in [-0.15, -0.1) is 0 Å². The van der Waals surface area contributed by atoms with Gasteiger partial charge in [-0.1, -0.05) is 60.1 Å². The summed E-state index contributed by atoms with van der Waals surface area (Å²) in [5, 5.41) is 3.82. The molecule has 0 aliphatic carbocycles. The fourth-order valence-corrected chi connectivity index (χ4v) is 4.28. The molecule has 1 aromatic heterocycles. The number of hydrogen-bond donors (Lipinski definition) is 1. The van der Waals surface area contributed by atoms with Crippen LogP contribution in [0.1, 0.15) is 0 Å². The smallest absolute Gasteiger partial charge is 0.246 e. The molecular formula is C27H24ClN5O2. The van der Waals surface area contributed by atoms with Gasteiger partial charge >= 0.3 is 0 Å². The van der Waals surface area contributed by atoms with Crippen molar-refractivity contribution in [2.75, 3.05) is 41.9 Å². The summed E-state index contributed by atoms with van der Waals surface area (Å²) < 4.78 is 5.25. The van der Waals surface area contributed by atoms with E-state index in [0.29, 0.717) is 41.3 Å². The Kier molecular flexibility index (Phi) is 6.50. The van der Waals surface area contributed by atoms with E-state index in [9.17, 15) is 4.79 Å². The van der Waals surface area contributed by atoms with Crippen LogP contribution in [0, 0.1) is 0 Å². The zero-order chi connectivity index (χ0) is 24.2. The second kappa shape index (κ2) is 10.0. The van der Waals surface area contributed by atoms with Crippen molar-refractivity contribution in [3.05, 3.63) is 90.0 Å². The molecule has 3 aromatic carbocycles. The van der Waals surface area contributed by atoms with Gasteiger partial charge in [0.25, 0.3) is 0 Å². The number of para-hydroxylation sites is 1. The highest BCUT2D eigenvalue weighted by Crippen LogP contribution is 2.30. The molecule has 1 fully saturated rings. The summed E-state index contributed by atoms with van der Waals surface area (Å²) in [6.07, 6.45) is 0. The first-order valence-electron chi connectivity index (χ1n) is 11.3. The number of ether oxygens (including phenoxy) is 1. The number of aromatic nitrogens is 2. The molecule has 1 saturated heterocycles. The summed E-state index contributed by atoms with van der Waals surface area (Å²) in [6.45, 7) is 1.46. The van der Waals surface area contributed by atoms with Gasteiger partial charge in [0.2, 0.25) is 5.91 Å². The van der Waals surface area contributed by atoms with Crippen LogP contribution >= 0.6 is 11.6 Å². The second-order valence-corrected chi connectivity index (χ2v) is 8.49. The molecular weight excluding hydrogens is 462 g/mol. The molecule has 0 radical (unpaired) electrons. The SMILES string of the molecule is COc1ccc(Nc2cc(N3CCN(c4ccccc4)C(=O)C3)nc(-c3ccccc3)n2)cc1Cl. The fraction of sp³-hybridized carbons (Fsp3) is 0.148. The number of benzene rings is 3. The van der Waals surface area contributed by atoms with E-state index < -0.39 is 0 Å². The Labute approximate surface area is 209 Å². The number of carbonyl (C=O) groups is 1. The first-order valence-corrected chi connectivity index (χ1v) is 11.6. The van der Waals surface area contributed by atoms with Crippen LogP contribution < -0.4 is 19.9 Å². The van der Waals surface area contributed by atoms with Crippen molar-refractivity contribution >= 4 is 40.5 Å². The van der Waals surface area contributed by atoms with E-state index in [4.69, 9.17) is 26.3 Å². The number of anilines is 4. The molecule has 0 bridgehead atoms. The van der Waals surface area contributed by atoms with E-state index in [1.165, 1.54) is 0 Å². The Bertz CT molecular complexity index is 1330. The highest BCUT2D eigenvalue weighted by Gasteiger charge is 2.26. The van der Waals surface area contributed by atoms with Gasteiger partial charge in [0, 0.05) is 36.1 Å². The van der Waals surface area contributed by atoms with Crippen LogP contribution in [-0.2, 0) is 4.79 Å². The lowest BCUT2D eigenvalue weighted by atomic mass is 10.2. The van der Waals surface area contributed by atoms with E-state index in [0.717, 1.165) is 16.9 Å². The van der Waals surface area contributed by atoms with E-state index >= 15 is 0 Å². The van der Waals surface area contributed by atoms with Gasteiger partial charge in [-0.3, -0.25) is 4.79 Å². The molecule has 1 aliphatic heterocycles. The molecule has 35 heavy (non-hydrogen) atoms. The van der Waals surface area contributed by atoms with E-state index in [-0.39, 0.29) is 12.5 Å². The standard InChI is InChI=1S/C27H24ClN5O2/c1-35-23-13-12-20(16-22(23)28)29-24-17-25(31-27(30-24)19-8-4-2-5-9-19)32-14-15-33(26(34)18-32)21-10-6-3-7-11-21/h2-13,16-17H,14-15,18H2,1H3,(H,29,30,31). The van der Waals surface area contributed by atoms with Crippen molar-refractivity contribution in [1.82, 2.24) is 9.97 Å². The van der Waals surface area contributed by atoms with E-state index in [2.05, 4.69) is 5.32 Å². The molecule has 0 spiro atoms. The van der Waals surface area contributed by atoms with Crippen LogP contribution in [0.3, 0.4) is 0 Å². The number of methoxy groups -OCH3 is 1. The average Bonchev–Trinajstić information content (AvgIpc) is 2.89. The van der Waals surface area contributed by atoms with Crippen LogP contribution in [0.2, 0.25) is 5.02 Å². The maximum atomic E-state index is 13.0. The van der Waals surface area contributed by atoms with Gasteiger partial charge < -0.3 is 19.9 Å². The predicted octanol–water partition coefficient (Wildman–Crippen LogP) is 5.40. The van der Waals surface area contributed by atoms with Crippen LogP contribution in [0.4, 0.5) is 23.0 Å². The monoisotopic (exact) mass is 485 g/mol. The number of nitrogens with zero attached hydrogens (tertiary/aromatic N) is 4. The molecule has 1 aliphatic rings. The molecule has 5 rings (SSSR count). The quantitative estimate of drug-likeness (QED) is 0.394. The number of halogens is 1. The third-order valence-electron chi connectivity index (χ3n) is 5.78. The number of carbonyl (C=O) groups excluding carboxylic acids is 1. The number of rotatable bonds is 6. The average molecular weight is 486 g/mol. The summed E-state index contributed by atoms with van der Waals surface area (Å²) in [7, 11) is 1.58. The Balaban J connectivity index is 1.45. The Hall–Kier alpha value is -4.10. The summed E-state index contributed by atoms with van der Waals surface area (Å²) in [4.78, 5) is 26.3. The molecule has 0 unspecified atom stereocenters. The van der Waals surface area contributed by atoms with Crippen LogP contribution in [0.5, 0.6) is 5.75 Å². The van der Waals surface area contributed by atoms with Crippen molar-refractivity contribution in [1.29, 1.82) is 0 Å². The molecule has 0 atom stereocenters. The van der Waals surface area contributed by atoms with Gasteiger partial charge in [0.15, 0.2) is 5.82 Å². The molecule has 7 nitrogen and oxygen atoms in total. The Morgan fingerprint density at radius 2 is 1.66 bits per heavy atom. The maximum absolute atomic E-state index is 13.0. The number of piperazine rings is 1. The third-order valence-corrected chi connectivity index (χ3v) is 6.08. The minimum absolute atomic E-state index is 0.0266. The second-order valence-electron chi connectivity index (χ2n) is 8.08. The molecule has 1 amide bonds. The lowest BCUT2D eigenvalue weighted by Gasteiger charge is -2.35. The molecule has 0 saturated carbocycles. The normalized spacial score (nSPS) is 13.6. The van der Waals surface area contributed by atoms with Crippen molar-refractivity contribution in [3.63, 3.8) is 0 Å². The lowest BCUT2D eigenvalue weighted by molar-refractivity contribution is -0.117. The zero-order valence-corrected chi connectivity index (χ0v) is 19.9. The summed E-state index contributed by atoms with van der Waals surface area (Å²) in [5.41, 5.74) is 2.56. The van der Waals surface area contributed by atoms with Crippen LogP contribution in [0.25, 0.3) is 11.4 Å². The molecule has 1 N–H and O–H groups in total. The van der Waals surface area contributed by atoms with Crippen molar-refractivity contribution in [2.24, 2.45) is 0 Å². The summed E-state index contributed by atoms with van der Waals surface area (Å²) in [6, 6.07) is 26.8. The van der Waals surface area contributed by atoms with Crippen LogP contribution in [-0.4, -0.2) is 42.6 Å². The lowest BCUT2D eigenvalue weighted by Crippen LogP contribution is -2.51. The highest BCUT2D eigenvalue weighted by molar-refractivity contribution is 6.32. The highest BCUT2D eigenvalue weighted by atomic mass is 35.5. The molecule has 176 valence electrons. The van der Waals surface area contributed by atoms with E-state index in [1.807, 2.05) is 82.6 Å². The number of nitrogens with one attached hydrogen (secondary N) is 1. The summed E-state index contributed by atoms with van der Waals surface area (Å²) in [5.74, 6) is 2.48. The maximum Gasteiger partial charge on any atom is 0.246 e. The first-order chi connectivity index (χ1) is 17.1. The third kappa shape index (κ3) is 5.05. The topological polar surface area (TPSA) is 70.6 Å². The van der Waals surface area contributed by atoms with Gasteiger partial charge in [-0.25, -0.2) is 9.97 Å². The fourth-order valence-electron chi connectivity index (χ4n) is 4.02. The number of amides is 1. The predicted molar refractivity (Wildman–Crippen MR) is 140 cm³/mol. The zero-order valence-electron chi connectivity index (χ0n) is 19.2. The largest absolute Gasteiger partial charge is 0.495 e. The van der Waals surface area contributed by atoms with Gasteiger partial charge in [-0.2, -0.15) is 0 Å². The Morgan fingerprint density at radius 3 is 2.34 bits per heavy atom. The minimum Gasteiger partial charge on any atom is -0.495 e. The van der Waals surface area contributed by atoms with Gasteiger partial charge in [0.05, 0.1) is 18.7 Å². The summed E-state index contributed by atoms with van der Waals surface area (Å²) >= 11 is 6.31. The van der Waals surface area contributed by atoms with Crippen LogP contribution in [0.15, 0.2) is 84.9 Å². The first kappa shape index (κ1) is 22.7. The molecule has 8 heteroatoms. The van der Waals surface area contributed by atoms with Crippen molar-refractivity contribution < 1.29 is 9.53 Å². The van der Waals surface area contributed by atoms with Gasteiger partial charge in [0.1, 0.15) is 17.4 Å². The van der Waals surface area contributed by atoms with E-state index in [1.54, 1.807) is 19.2 Å². The molecule has 2 heterocycles. The minimum atomic E-state index is 0.0266. The van der Waals surface area contributed by atoms with Gasteiger partial charge in [-0.05, 0) is 30.3 Å². The van der Waals surface area contributed by atoms with Crippen molar-refractivity contribution in [3.8, 4) is 17.1 Å². The Morgan fingerprint density at radius 1 is 0.914 bits per heavy atom.